The van der Waals surface area contributed by atoms with E-state index >= 15 is 0 Å². The standard InChI is InChI=1S/C12H16N4O3/c1-3-9-10(17)13-4-5-16(9)12-14-6-8(11(18)19)7(2)15-12/h6,9H,3-5H2,1-2H3,(H,13,17)(H,18,19). The van der Waals surface area contributed by atoms with Crippen molar-refractivity contribution in [3.05, 3.63) is 17.5 Å². The summed E-state index contributed by atoms with van der Waals surface area (Å²) in [6, 6.07) is -0.302. The van der Waals surface area contributed by atoms with Crippen LogP contribution in [-0.2, 0) is 4.79 Å². The summed E-state index contributed by atoms with van der Waals surface area (Å²) < 4.78 is 0. The van der Waals surface area contributed by atoms with Crippen molar-refractivity contribution in [1.29, 1.82) is 0 Å². The average Bonchev–Trinajstić information content (AvgIpc) is 2.37. The summed E-state index contributed by atoms with van der Waals surface area (Å²) in [6.45, 7) is 4.70. The van der Waals surface area contributed by atoms with Gasteiger partial charge in [-0.1, -0.05) is 6.92 Å². The number of carboxylic acid groups (broad SMARTS) is 1. The highest BCUT2D eigenvalue weighted by molar-refractivity contribution is 5.89. The molecule has 0 aromatic carbocycles. The summed E-state index contributed by atoms with van der Waals surface area (Å²) in [7, 11) is 0. The van der Waals surface area contributed by atoms with Gasteiger partial charge in [-0.25, -0.2) is 14.8 Å². The van der Waals surface area contributed by atoms with E-state index in [0.717, 1.165) is 0 Å². The van der Waals surface area contributed by atoms with E-state index in [9.17, 15) is 9.59 Å². The number of carbonyl (C=O) groups excluding carboxylic acids is 1. The summed E-state index contributed by atoms with van der Waals surface area (Å²) in [5.41, 5.74) is 0.483. The SMILES string of the molecule is CCC1C(=O)NCCN1c1ncc(C(=O)O)c(C)n1. The van der Waals surface area contributed by atoms with E-state index in [2.05, 4.69) is 15.3 Å². The van der Waals surface area contributed by atoms with Crippen molar-refractivity contribution in [1.82, 2.24) is 15.3 Å². The minimum Gasteiger partial charge on any atom is -0.478 e. The Labute approximate surface area is 110 Å². The molecule has 7 nitrogen and oxygen atoms in total. The molecule has 0 aliphatic carbocycles. The number of nitrogens with one attached hydrogen (secondary N) is 1. The lowest BCUT2D eigenvalue weighted by Gasteiger charge is -2.34. The predicted molar refractivity (Wildman–Crippen MR) is 68.2 cm³/mol. The molecule has 1 saturated heterocycles. The van der Waals surface area contributed by atoms with Crippen LogP contribution in [0.5, 0.6) is 0 Å². The second-order valence-corrected chi connectivity index (χ2v) is 4.38. The molecule has 7 heteroatoms. The van der Waals surface area contributed by atoms with Gasteiger partial charge in [0.15, 0.2) is 0 Å². The van der Waals surface area contributed by atoms with Crippen LogP contribution in [0.15, 0.2) is 6.20 Å². The van der Waals surface area contributed by atoms with E-state index in [0.29, 0.717) is 31.2 Å². The minimum atomic E-state index is -1.05. The Balaban J connectivity index is 2.33. The van der Waals surface area contributed by atoms with E-state index in [1.165, 1.54) is 6.20 Å². The average molecular weight is 264 g/mol. The smallest absolute Gasteiger partial charge is 0.339 e. The van der Waals surface area contributed by atoms with Crippen LogP contribution in [0, 0.1) is 6.92 Å². The molecule has 2 rings (SSSR count). The summed E-state index contributed by atoms with van der Waals surface area (Å²) in [4.78, 5) is 32.8. The fraction of sp³-hybridized carbons (Fsp3) is 0.500. The zero-order valence-electron chi connectivity index (χ0n) is 10.9. The first-order valence-electron chi connectivity index (χ1n) is 6.16. The second kappa shape index (κ2) is 5.21. The number of amides is 1. The quantitative estimate of drug-likeness (QED) is 0.809. The fourth-order valence-corrected chi connectivity index (χ4v) is 2.16. The minimum absolute atomic E-state index is 0.0442. The van der Waals surface area contributed by atoms with Crippen LogP contribution < -0.4 is 10.2 Å². The fourth-order valence-electron chi connectivity index (χ4n) is 2.16. The lowest BCUT2D eigenvalue weighted by Crippen LogP contribution is -2.55. The number of aromatic carboxylic acids is 1. The lowest BCUT2D eigenvalue weighted by atomic mass is 10.1. The molecule has 0 spiro atoms. The van der Waals surface area contributed by atoms with Gasteiger partial charge in [0, 0.05) is 19.3 Å². The zero-order chi connectivity index (χ0) is 14.0. The number of hydrogen-bond acceptors (Lipinski definition) is 5. The summed E-state index contributed by atoms with van der Waals surface area (Å²) in [5.74, 6) is -0.686. The number of carboxylic acids is 1. The number of nitrogens with zero attached hydrogens (tertiary/aromatic N) is 3. The van der Waals surface area contributed by atoms with Crippen LogP contribution in [0.1, 0.15) is 29.4 Å². The van der Waals surface area contributed by atoms with E-state index in [-0.39, 0.29) is 17.5 Å². The summed E-state index contributed by atoms with van der Waals surface area (Å²) >= 11 is 0. The third-order valence-corrected chi connectivity index (χ3v) is 3.17. The highest BCUT2D eigenvalue weighted by atomic mass is 16.4. The van der Waals surface area contributed by atoms with Crippen molar-refractivity contribution in [3.63, 3.8) is 0 Å². The molecular weight excluding hydrogens is 248 g/mol. The number of piperazine rings is 1. The normalized spacial score (nSPS) is 19.2. The first-order chi connectivity index (χ1) is 9.04. The summed E-state index contributed by atoms with van der Waals surface area (Å²) in [5, 5.41) is 11.7. The Morgan fingerprint density at radius 2 is 2.37 bits per heavy atom. The summed E-state index contributed by atoms with van der Waals surface area (Å²) in [6.07, 6.45) is 1.94. The van der Waals surface area contributed by atoms with Gasteiger partial charge in [0.1, 0.15) is 6.04 Å². The van der Waals surface area contributed by atoms with Crippen molar-refractivity contribution < 1.29 is 14.7 Å². The van der Waals surface area contributed by atoms with Gasteiger partial charge in [-0.2, -0.15) is 0 Å². The van der Waals surface area contributed by atoms with Crippen molar-refractivity contribution in [2.75, 3.05) is 18.0 Å². The molecular formula is C12H16N4O3. The lowest BCUT2D eigenvalue weighted by molar-refractivity contribution is -0.123. The zero-order valence-corrected chi connectivity index (χ0v) is 10.9. The van der Waals surface area contributed by atoms with Gasteiger partial charge in [0.2, 0.25) is 11.9 Å². The molecule has 1 unspecified atom stereocenters. The van der Waals surface area contributed by atoms with Crippen LogP contribution >= 0.6 is 0 Å². The highest BCUT2D eigenvalue weighted by Crippen LogP contribution is 2.17. The molecule has 1 aliphatic heterocycles. The molecule has 1 aliphatic rings. The van der Waals surface area contributed by atoms with Gasteiger partial charge in [0.25, 0.3) is 0 Å². The largest absolute Gasteiger partial charge is 0.478 e. The van der Waals surface area contributed by atoms with Crippen LogP contribution in [0.4, 0.5) is 5.95 Å². The first kappa shape index (κ1) is 13.3. The molecule has 1 fully saturated rings. The van der Waals surface area contributed by atoms with Gasteiger partial charge >= 0.3 is 5.97 Å². The Morgan fingerprint density at radius 1 is 1.63 bits per heavy atom. The Hall–Kier alpha value is -2.18. The van der Waals surface area contributed by atoms with Crippen LogP contribution in [0.2, 0.25) is 0 Å². The van der Waals surface area contributed by atoms with Gasteiger partial charge in [-0.3, -0.25) is 4.79 Å². The third-order valence-electron chi connectivity index (χ3n) is 3.17. The van der Waals surface area contributed by atoms with Crippen LogP contribution in [-0.4, -0.2) is 46.1 Å². The van der Waals surface area contributed by atoms with E-state index < -0.39 is 5.97 Å². The monoisotopic (exact) mass is 264 g/mol. The number of carbonyl (C=O) groups is 2. The number of hydrogen-bond donors (Lipinski definition) is 2. The predicted octanol–water partition coefficient (Wildman–Crippen LogP) is 0.198. The number of aromatic nitrogens is 2. The van der Waals surface area contributed by atoms with Gasteiger partial charge < -0.3 is 15.3 Å². The molecule has 0 saturated carbocycles. The molecule has 0 radical (unpaired) electrons. The van der Waals surface area contributed by atoms with Crippen LogP contribution in [0.25, 0.3) is 0 Å². The van der Waals surface area contributed by atoms with Crippen molar-refractivity contribution in [2.24, 2.45) is 0 Å². The highest BCUT2D eigenvalue weighted by Gasteiger charge is 2.30. The molecule has 2 heterocycles. The van der Waals surface area contributed by atoms with E-state index in [1.807, 2.05) is 11.8 Å². The van der Waals surface area contributed by atoms with Crippen molar-refractivity contribution in [2.45, 2.75) is 26.3 Å². The second-order valence-electron chi connectivity index (χ2n) is 4.38. The van der Waals surface area contributed by atoms with Gasteiger partial charge in [-0.15, -0.1) is 0 Å². The Morgan fingerprint density at radius 3 is 2.95 bits per heavy atom. The molecule has 1 atom stereocenters. The first-order valence-corrected chi connectivity index (χ1v) is 6.16. The maximum absolute atomic E-state index is 11.8. The van der Waals surface area contributed by atoms with Crippen molar-refractivity contribution in [3.8, 4) is 0 Å². The number of anilines is 1. The molecule has 0 bridgehead atoms. The van der Waals surface area contributed by atoms with Gasteiger partial charge in [-0.05, 0) is 13.3 Å². The molecule has 102 valence electrons. The van der Waals surface area contributed by atoms with E-state index in [1.54, 1.807) is 6.92 Å². The van der Waals surface area contributed by atoms with Crippen LogP contribution in [0.3, 0.4) is 0 Å². The maximum Gasteiger partial charge on any atom is 0.339 e. The third kappa shape index (κ3) is 2.49. The number of aryl methyl sites for hydroxylation is 1. The molecule has 1 aromatic rings. The Kier molecular flexibility index (Phi) is 3.64. The molecule has 1 aromatic heterocycles. The van der Waals surface area contributed by atoms with Crippen molar-refractivity contribution >= 4 is 17.8 Å². The Bertz CT molecular complexity index is 518. The molecule has 19 heavy (non-hydrogen) atoms. The van der Waals surface area contributed by atoms with Gasteiger partial charge in [0.05, 0.1) is 11.3 Å². The maximum atomic E-state index is 11.8. The van der Waals surface area contributed by atoms with E-state index in [4.69, 9.17) is 5.11 Å². The topological polar surface area (TPSA) is 95.4 Å². The number of rotatable bonds is 3. The molecule has 2 N–H and O–H groups in total. The molecule has 1 amide bonds.